The molecule has 0 fully saturated rings. The van der Waals surface area contributed by atoms with Crippen molar-refractivity contribution in [3.63, 3.8) is 0 Å². The molecule has 3 aromatic rings. The summed E-state index contributed by atoms with van der Waals surface area (Å²) >= 11 is 0. The number of hydrogen-bond acceptors (Lipinski definition) is 7. The first-order valence-corrected chi connectivity index (χ1v) is 9.58. The fraction of sp³-hybridized carbons (Fsp3) is 0.250. The van der Waals surface area contributed by atoms with Crippen molar-refractivity contribution in [3.8, 4) is 5.75 Å². The van der Waals surface area contributed by atoms with Gasteiger partial charge in [0, 0.05) is 24.1 Å². The van der Waals surface area contributed by atoms with Crippen LogP contribution >= 0.6 is 0 Å². The maximum atomic E-state index is 12.2. The average molecular weight is 443 g/mol. The van der Waals surface area contributed by atoms with Crippen molar-refractivity contribution in [1.82, 2.24) is 20.3 Å². The van der Waals surface area contributed by atoms with E-state index in [1.54, 1.807) is 18.2 Å². The van der Waals surface area contributed by atoms with Crippen molar-refractivity contribution < 1.29 is 29.3 Å². The largest absolute Gasteiger partial charge is 0.493 e. The van der Waals surface area contributed by atoms with Gasteiger partial charge in [0.2, 0.25) is 5.95 Å². The topological polar surface area (TPSA) is 200 Å². The van der Waals surface area contributed by atoms with E-state index in [-0.39, 0.29) is 36.5 Å². The number of carboxylic acids is 2. The summed E-state index contributed by atoms with van der Waals surface area (Å²) in [4.78, 5) is 55.4. The number of hydrogen-bond donors (Lipinski definition) is 6. The molecule has 12 heteroatoms. The van der Waals surface area contributed by atoms with Crippen LogP contribution in [0.3, 0.4) is 0 Å². The van der Waals surface area contributed by atoms with Gasteiger partial charge in [-0.05, 0) is 36.8 Å². The summed E-state index contributed by atoms with van der Waals surface area (Å²) in [6.45, 7) is 0.280. The van der Waals surface area contributed by atoms with E-state index >= 15 is 0 Å². The highest BCUT2D eigenvalue weighted by Gasteiger charge is 2.21. The van der Waals surface area contributed by atoms with Crippen molar-refractivity contribution in [2.75, 3.05) is 12.3 Å². The number of amides is 1. The number of H-pyrrole nitrogens is 2. The fourth-order valence-electron chi connectivity index (χ4n) is 2.97. The second-order valence-corrected chi connectivity index (χ2v) is 6.93. The highest BCUT2D eigenvalue weighted by molar-refractivity contribution is 5.96. The van der Waals surface area contributed by atoms with Gasteiger partial charge in [0.25, 0.3) is 11.5 Å². The number of rotatable bonds is 10. The van der Waals surface area contributed by atoms with E-state index in [1.807, 2.05) is 0 Å². The van der Waals surface area contributed by atoms with Crippen LogP contribution in [0.25, 0.3) is 11.0 Å². The van der Waals surface area contributed by atoms with E-state index in [4.69, 9.17) is 20.7 Å². The lowest BCUT2D eigenvalue weighted by molar-refractivity contribution is -0.140. The van der Waals surface area contributed by atoms with Gasteiger partial charge >= 0.3 is 11.9 Å². The number of aromatic nitrogens is 3. The minimum atomic E-state index is -1.31. The zero-order valence-corrected chi connectivity index (χ0v) is 16.8. The SMILES string of the molecule is Nc1nc2[nH]c(CCOc3ccc(C(=O)N[C@@H](CCC(=O)O)C(=O)O)cc3)cc2c(=O)[nH]1. The highest BCUT2D eigenvalue weighted by atomic mass is 16.5. The average Bonchev–Trinajstić information content (AvgIpc) is 3.14. The first-order valence-electron chi connectivity index (χ1n) is 9.58. The number of carboxylic acid groups (broad SMARTS) is 2. The lowest BCUT2D eigenvalue weighted by atomic mass is 10.1. The summed E-state index contributed by atoms with van der Waals surface area (Å²) in [6.07, 6.45) is -0.140. The Morgan fingerprint density at radius 1 is 1.16 bits per heavy atom. The number of carbonyl (C=O) groups excluding carboxylic acids is 1. The number of nitrogen functional groups attached to an aromatic ring is 1. The zero-order valence-electron chi connectivity index (χ0n) is 16.8. The Bertz CT molecular complexity index is 1200. The normalized spacial score (nSPS) is 11.8. The van der Waals surface area contributed by atoms with Crippen molar-refractivity contribution >= 4 is 34.8 Å². The van der Waals surface area contributed by atoms with E-state index in [0.717, 1.165) is 5.69 Å². The van der Waals surface area contributed by atoms with Crippen LogP contribution in [0.2, 0.25) is 0 Å². The number of nitrogens with two attached hydrogens (primary N) is 1. The number of nitrogens with zero attached hydrogens (tertiary/aromatic N) is 1. The van der Waals surface area contributed by atoms with Crippen LogP contribution in [0.1, 0.15) is 28.9 Å². The molecule has 0 aliphatic rings. The van der Waals surface area contributed by atoms with Gasteiger partial charge in [0.05, 0.1) is 12.0 Å². The number of ether oxygens (including phenoxy) is 1. The Balaban J connectivity index is 1.54. The molecule has 32 heavy (non-hydrogen) atoms. The summed E-state index contributed by atoms with van der Waals surface area (Å²) in [6, 6.07) is 6.41. The van der Waals surface area contributed by atoms with Crippen LogP contribution in [0.15, 0.2) is 35.1 Å². The van der Waals surface area contributed by atoms with Crippen LogP contribution in [-0.4, -0.2) is 55.7 Å². The molecule has 7 N–H and O–H groups in total. The molecular formula is C20H21N5O7. The number of carbonyl (C=O) groups is 3. The number of anilines is 1. The maximum Gasteiger partial charge on any atom is 0.326 e. The van der Waals surface area contributed by atoms with Gasteiger partial charge in [-0.15, -0.1) is 0 Å². The number of benzene rings is 1. The van der Waals surface area contributed by atoms with E-state index in [1.165, 1.54) is 12.1 Å². The fourth-order valence-corrected chi connectivity index (χ4v) is 2.97. The number of fused-ring (bicyclic) bond motifs is 1. The van der Waals surface area contributed by atoms with Gasteiger partial charge in [0.15, 0.2) is 0 Å². The molecule has 2 aromatic heterocycles. The van der Waals surface area contributed by atoms with Crippen molar-refractivity contribution in [2.45, 2.75) is 25.3 Å². The van der Waals surface area contributed by atoms with Gasteiger partial charge in [-0.1, -0.05) is 0 Å². The third-order valence-electron chi connectivity index (χ3n) is 4.58. The van der Waals surface area contributed by atoms with E-state index in [2.05, 4.69) is 20.3 Å². The van der Waals surface area contributed by atoms with Crippen LogP contribution in [0, 0.1) is 0 Å². The third-order valence-corrected chi connectivity index (χ3v) is 4.58. The smallest absolute Gasteiger partial charge is 0.326 e. The summed E-state index contributed by atoms with van der Waals surface area (Å²) < 4.78 is 5.64. The van der Waals surface area contributed by atoms with Crippen LogP contribution in [0.4, 0.5) is 5.95 Å². The van der Waals surface area contributed by atoms with E-state index < -0.39 is 23.9 Å². The maximum absolute atomic E-state index is 12.2. The molecule has 0 aliphatic heterocycles. The zero-order chi connectivity index (χ0) is 23.3. The van der Waals surface area contributed by atoms with Crippen LogP contribution in [0.5, 0.6) is 5.75 Å². The predicted molar refractivity (Wildman–Crippen MR) is 113 cm³/mol. The molecule has 1 amide bonds. The molecule has 3 rings (SSSR count). The minimum absolute atomic E-state index is 0.0211. The van der Waals surface area contributed by atoms with E-state index in [9.17, 15) is 19.2 Å². The molecule has 1 atom stereocenters. The molecule has 0 unspecified atom stereocenters. The molecule has 0 saturated carbocycles. The van der Waals surface area contributed by atoms with Crippen molar-refractivity contribution in [2.24, 2.45) is 0 Å². The first kappa shape index (κ1) is 22.3. The number of aromatic amines is 2. The van der Waals surface area contributed by atoms with Crippen LogP contribution < -0.4 is 21.3 Å². The number of nitrogens with one attached hydrogen (secondary N) is 3. The van der Waals surface area contributed by atoms with Gasteiger partial charge in [-0.25, -0.2) is 4.79 Å². The van der Waals surface area contributed by atoms with Crippen molar-refractivity contribution in [3.05, 3.63) is 51.9 Å². The summed E-state index contributed by atoms with van der Waals surface area (Å²) in [5.41, 5.74) is 6.52. The molecule has 12 nitrogen and oxygen atoms in total. The molecule has 2 heterocycles. The molecule has 0 spiro atoms. The molecule has 0 saturated heterocycles. The number of aliphatic carboxylic acids is 2. The second-order valence-electron chi connectivity index (χ2n) is 6.93. The van der Waals surface area contributed by atoms with Crippen molar-refractivity contribution in [1.29, 1.82) is 0 Å². The molecule has 0 bridgehead atoms. The summed E-state index contributed by atoms with van der Waals surface area (Å²) in [7, 11) is 0. The van der Waals surface area contributed by atoms with Gasteiger partial charge in [-0.2, -0.15) is 4.98 Å². The Kier molecular flexibility index (Phi) is 6.73. The molecule has 0 aliphatic carbocycles. The van der Waals surface area contributed by atoms with Gasteiger partial charge < -0.3 is 31.0 Å². The van der Waals surface area contributed by atoms with Gasteiger partial charge in [-0.3, -0.25) is 19.4 Å². The quantitative estimate of drug-likeness (QED) is 0.258. The Labute approximate surface area is 180 Å². The standard InChI is InChI=1S/C20H21N5O7/c21-20-24-16-13(18(29)25-20)9-11(22-16)7-8-32-12-3-1-10(2-4-12)17(28)23-14(19(30)31)5-6-15(26)27/h1-4,9,14H,5-8H2,(H,23,28)(H,26,27)(H,30,31)(H4,21,22,24,25,29)/t14-/m0/s1. The molecule has 168 valence electrons. The lowest BCUT2D eigenvalue weighted by Crippen LogP contribution is -2.41. The molecule has 0 radical (unpaired) electrons. The third kappa shape index (κ3) is 5.62. The first-order chi connectivity index (χ1) is 15.2. The Morgan fingerprint density at radius 2 is 1.88 bits per heavy atom. The minimum Gasteiger partial charge on any atom is -0.493 e. The molecular weight excluding hydrogens is 422 g/mol. The summed E-state index contributed by atoms with van der Waals surface area (Å²) in [5, 5.41) is 20.5. The van der Waals surface area contributed by atoms with Crippen LogP contribution in [-0.2, 0) is 16.0 Å². The Hall–Kier alpha value is -4.35. The predicted octanol–water partition coefficient (Wildman–Crippen LogP) is 0.503. The Morgan fingerprint density at radius 3 is 2.53 bits per heavy atom. The lowest BCUT2D eigenvalue weighted by Gasteiger charge is -2.13. The van der Waals surface area contributed by atoms with E-state index in [0.29, 0.717) is 23.2 Å². The highest BCUT2D eigenvalue weighted by Crippen LogP contribution is 2.14. The molecule has 1 aromatic carbocycles. The van der Waals surface area contributed by atoms with Gasteiger partial charge in [0.1, 0.15) is 17.4 Å². The summed E-state index contributed by atoms with van der Waals surface area (Å²) in [5.74, 6) is -2.58. The second kappa shape index (κ2) is 9.64. The monoisotopic (exact) mass is 443 g/mol.